The maximum atomic E-state index is 10.5. The quantitative estimate of drug-likeness (QED) is 0.533. The van der Waals surface area contributed by atoms with E-state index < -0.39 is 24.4 Å². The van der Waals surface area contributed by atoms with Crippen LogP contribution in [0.3, 0.4) is 0 Å². The minimum absolute atomic E-state index is 0.345. The van der Waals surface area contributed by atoms with Crippen molar-refractivity contribution in [3.8, 4) is 0 Å². The van der Waals surface area contributed by atoms with E-state index in [2.05, 4.69) is 20.6 Å². The number of nitrogens with one attached hydrogen (secondary N) is 2. The fourth-order valence-electron chi connectivity index (χ4n) is 2.74. The average Bonchev–Trinajstić information content (AvgIpc) is 2.62. The molecule has 2 aliphatic heterocycles. The molecule has 0 aromatic carbocycles. The minimum atomic E-state index is -0.942. The Kier molecular flexibility index (Phi) is 5.29. The van der Waals surface area contributed by atoms with Gasteiger partial charge in [-0.05, 0) is 0 Å². The van der Waals surface area contributed by atoms with Gasteiger partial charge in [0, 0.05) is 38.6 Å². The number of aliphatic hydroxyl groups excluding tert-OH is 2. The van der Waals surface area contributed by atoms with Gasteiger partial charge in [-0.2, -0.15) is 0 Å². The molecule has 122 valence electrons. The van der Waals surface area contributed by atoms with Crippen LogP contribution < -0.4 is 10.6 Å². The lowest BCUT2D eigenvalue weighted by atomic mass is 10.0. The molecule has 4 atom stereocenters. The van der Waals surface area contributed by atoms with E-state index in [1.54, 1.807) is 0 Å². The van der Waals surface area contributed by atoms with E-state index in [0.29, 0.717) is 37.7 Å². The van der Waals surface area contributed by atoms with Gasteiger partial charge >= 0.3 is 0 Å². The number of aromatic nitrogens is 2. The third-order valence-corrected chi connectivity index (χ3v) is 3.93. The van der Waals surface area contributed by atoms with Crippen molar-refractivity contribution in [2.45, 2.75) is 24.4 Å². The van der Waals surface area contributed by atoms with Crippen LogP contribution in [0.1, 0.15) is 23.6 Å². The molecule has 4 N–H and O–H groups in total. The van der Waals surface area contributed by atoms with Gasteiger partial charge in [0.15, 0.2) is 0 Å². The summed E-state index contributed by atoms with van der Waals surface area (Å²) in [7, 11) is 0. The highest BCUT2D eigenvalue weighted by atomic mass is 16.5. The summed E-state index contributed by atoms with van der Waals surface area (Å²) >= 11 is 0. The van der Waals surface area contributed by atoms with Gasteiger partial charge in [0.1, 0.15) is 24.4 Å². The van der Waals surface area contributed by atoms with Crippen LogP contribution in [-0.4, -0.2) is 71.8 Å². The predicted octanol–water partition coefficient (Wildman–Crippen LogP) is -1.48. The Hall–Kier alpha value is -1.16. The summed E-state index contributed by atoms with van der Waals surface area (Å²) in [6.45, 7) is 3.68. The van der Waals surface area contributed by atoms with Gasteiger partial charge in [-0.15, -0.1) is 0 Å². The molecule has 1 aromatic rings. The third kappa shape index (κ3) is 3.43. The molecule has 8 nitrogen and oxygen atoms in total. The van der Waals surface area contributed by atoms with E-state index in [4.69, 9.17) is 9.47 Å². The monoisotopic (exact) mass is 310 g/mol. The molecule has 3 rings (SSSR count). The van der Waals surface area contributed by atoms with Gasteiger partial charge < -0.3 is 30.3 Å². The highest BCUT2D eigenvalue weighted by molar-refractivity contribution is 5.19. The van der Waals surface area contributed by atoms with Crippen molar-refractivity contribution in [3.05, 3.63) is 23.8 Å². The second-order valence-corrected chi connectivity index (χ2v) is 5.44. The number of rotatable bonds is 4. The number of hydrogen-bond acceptors (Lipinski definition) is 8. The first-order chi connectivity index (χ1) is 10.8. The molecule has 2 fully saturated rings. The van der Waals surface area contributed by atoms with Gasteiger partial charge in [-0.25, -0.2) is 0 Å². The summed E-state index contributed by atoms with van der Waals surface area (Å²) in [5, 5.41) is 27.4. The number of hydrogen-bond donors (Lipinski definition) is 4. The first kappa shape index (κ1) is 15.7. The Bertz CT molecular complexity index is 435. The fourth-order valence-corrected chi connectivity index (χ4v) is 2.74. The van der Waals surface area contributed by atoms with E-state index >= 15 is 0 Å². The second kappa shape index (κ2) is 7.40. The first-order valence-electron chi connectivity index (χ1n) is 7.59. The van der Waals surface area contributed by atoms with Crippen LogP contribution in [0.2, 0.25) is 0 Å². The molecule has 0 radical (unpaired) electrons. The first-order valence-corrected chi connectivity index (χ1v) is 7.59. The average molecular weight is 310 g/mol. The Labute approximate surface area is 128 Å². The van der Waals surface area contributed by atoms with Crippen LogP contribution in [0.15, 0.2) is 12.4 Å². The summed E-state index contributed by atoms with van der Waals surface area (Å²) in [6, 6.07) is 0. The largest absolute Gasteiger partial charge is 0.384 e. The zero-order valence-electron chi connectivity index (χ0n) is 12.3. The highest BCUT2D eigenvalue weighted by Gasteiger charge is 2.33. The van der Waals surface area contributed by atoms with Crippen molar-refractivity contribution in [1.29, 1.82) is 0 Å². The highest BCUT2D eigenvalue weighted by Crippen LogP contribution is 2.27. The van der Waals surface area contributed by atoms with Crippen LogP contribution in [-0.2, 0) is 9.47 Å². The zero-order valence-corrected chi connectivity index (χ0v) is 12.3. The van der Waals surface area contributed by atoms with Crippen LogP contribution >= 0.6 is 0 Å². The minimum Gasteiger partial charge on any atom is -0.384 e. The summed E-state index contributed by atoms with van der Waals surface area (Å²) in [4.78, 5) is 8.43. The second-order valence-electron chi connectivity index (χ2n) is 5.44. The molecule has 4 unspecified atom stereocenters. The van der Waals surface area contributed by atoms with Crippen molar-refractivity contribution in [2.75, 3.05) is 39.4 Å². The molecule has 3 heterocycles. The molecule has 0 aliphatic carbocycles. The van der Waals surface area contributed by atoms with Gasteiger partial charge in [0.2, 0.25) is 0 Å². The molecule has 0 saturated carbocycles. The van der Waals surface area contributed by atoms with Crippen LogP contribution in [0.4, 0.5) is 0 Å². The van der Waals surface area contributed by atoms with Crippen molar-refractivity contribution < 1.29 is 19.7 Å². The lowest BCUT2D eigenvalue weighted by Gasteiger charge is -2.31. The Morgan fingerprint density at radius 2 is 1.36 bits per heavy atom. The van der Waals surface area contributed by atoms with Gasteiger partial charge in [0.25, 0.3) is 0 Å². The van der Waals surface area contributed by atoms with Crippen molar-refractivity contribution >= 4 is 0 Å². The van der Waals surface area contributed by atoms with Crippen LogP contribution in [0, 0.1) is 0 Å². The summed E-state index contributed by atoms with van der Waals surface area (Å²) < 4.78 is 11.1. The van der Waals surface area contributed by atoms with E-state index in [1.165, 1.54) is 12.4 Å². The fraction of sp³-hybridized carbons (Fsp3) is 0.714. The summed E-state index contributed by atoms with van der Waals surface area (Å²) in [6.07, 6.45) is 0.324. The topological polar surface area (TPSA) is 109 Å². The van der Waals surface area contributed by atoms with E-state index in [-0.39, 0.29) is 0 Å². The van der Waals surface area contributed by atoms with E-state index in [0.717, 1.165) is 13.1 Å². The van der Waals surface area contributed by atoms with Gasteiger partial charge in [-0.1, -0.05) is 0 Å². The maximum absolute atomic E-state index is 10.5. The van der Waals surface area contributed by atoms with Gasteiger partial charge in [0.05, 0.1) is 24.6 Å². The SMILES string of the molecule is OC(c1nccnc1C(O)C1CNCCO1)C1CNCCO1. The normalized spacial score (nSPS) is 29.0. The van der Waals surface area contributed by atoms with Crippen LogP contribution in [0.25, 0.3) is 0 Å². The summed E-state index contributed by atoms with van der Waals surface area (Å²) in [5.74, 6) is 0. The molecule has 1 aromatic heterocycles. The van der Waals surface area contributed by atoms with E-state index in [9.17, 15) is 10.2 Å². The third-order valence-electron chi connectivity index (χ3n) is 3.93. The number of morpholine rings is 2. The number of ether oxygens (including phenoxy) is 2. The standard InChI is InChI=1S/C14H22N4O4/c19-13(9-7-15-3-5-21-9)11-12(18-2-1-17-11)14(20)10-8-16-4-6-22-10/h1-2,9-10,13-16,19-20H,3-8H2. The molecular weight excluding hydrogens is 288 g/mol. The molecule has 8 heteroatoms. The smallest absolute Gasteiger partial charge is 0.125 e. The Morgan fingerprint density at radius 3 is 1.73 bits per heavy atom. The number of aliphatic hydroxyl groups is 2. The lowest BCUT2D eigenvalue weighted by molar-refractivity contribution is -0.0661. The van der Waals surface area contributed by atoms with E-state index in [1.807, 2.05) is 0 Å². The molecule has 0 amide bonds. The van der Waals surface area contributed by atoms with Crippen LogP contribution in [0.5, 0.6) is 0 Å². The Morgan fingerprint density at radius 1 is 0.909 bits per heavy atom. The molecular formula is C14H22N4O4. The Balaban J connectivity index is 1.79. The molecule has 0 bridgehead atoms. The summed E-state index contributed by atoms with van der Waals surface area (Å²) in [5.41, 5.74) is 0.691. The lowest BCUT2D eigenvalue weighted by Crippen LogP contribution is -2.44. The zero-order chi connectivity index (χ0) is 15.4. The van der Waals surface area contributed by atoms with Gasteiger partial charge in [-0.3, -0.25) is 9.97 Å². The van der Waals surface area contributed by atoms with Crippen molar-refractivity contribution in [3.63, 3.8) is 0 Å². The number of nitrogens with zero attached hydrogens (tertiary/aromatic N) is 2. The molecule has 2 saturated heterocycles. The molecule has 22 heavy (non-hydrogen) atoms. The predicted molar refractivity (Wildman–Crippen MR) is 77.2 cm³/mol. The molecule has 2 aliphatic rings. The van der Waals surface area contributed by atoms with Crippen molar-refractivity contribution in [2.24, 2.45) is 0 Å². The van der Waals surface area contributed by atoms with Crippen molar-refractivity contribution in [1.82, 2.24) is 20.6 Å². The maximum Gasteiger partial charge on any atom is 0.125 e. The molecule has 0 spiro atoms.